The van der Waals surface area contributed by atoms with Crippen molar-refractivity contribution in [1.82, 2.24) is 0 Å². The normalized spacial score (nSPS) is 10.8. The number of thiocarbonyl (C=S) groups is 1. The summed E-state index contributed by atoms with van der Waals surface area (Å²) in [5.74, 6) is 0. The Bertz CT molecular complexity index is 1250. The zero-order chi connectivity index (χ0) is 28.9. The molecule has 0 aromatic heterocycles. The van der Waals surface area contributed by atoms with E-state index in [2.05, 4.69) is 117 Å². The van der Waals surface area contributed by atoms with Gasteiger partial charge in [-0.05, 0) is 87.1 Å². The number of rotatable bonds is 16. The third-order valence-electron chi connectivity index (χ3n) is 7.50. The Labute approximate surface area is 249 Å². The van der Waals surface area contributed by atoms with Crippen LogP contribution in [0.2, 0.25) is 0 Å². The van der Waals surface area contributed by atoms with Gasteiger partial charge >= 0.3 is 0 Å². The molecule has 0 aliphatic carbocycles. The molecule has 3 aromatic rings. The van der Waals surface area contributed by atoms with Crippen LogP contribution in [0.25, 0.3) is 5.57 Å². The monoisotopic (exact) mass is 555 g/mol. The van der Waals surface area contributed by atoms with Crippen molar-refractivity contribution in [2.45, 2.75) is 86.0 Å². The van der Waals surface area contributed by atoms with E-state index in [-0.39, 0.29) is 0 Å². The fourth-order valence-corrected chi connectivity index (χ4v) is 5.30. The zero-order valence-corrected chi connectivity index (χ0v) is 26.2. The fraction of sp³-hybridized carbons (Fsp3) is 0.417. The lowest BCUT2D eigenvalue weighted by molar-refractivity contribution is 0.607. The minimum Gasteiger partial charge on any atom is -0.372 e. The average molecular weight is 556 g/mol. The molecule has 0 aliphatic rings. The van der Waals surface area contributed by atoms with Crippen molar-refractivity contribution in [3.05, 3.63) is 89.5 Å². The van der Waals surface area contributed by atoms with Crippen LogP contribution in [0.5, 0.6) is 0 Å². The van der Waals surface area contributed by atoms with Crippen molar-refractivity contribution in [2.75, 3.05) is 28.6 Å². The van der Waals surface area contributed by atoms with Crippen LogP contribution in [0.3, 0.4) is 0 Å². The van der Waals surface area contributed by atoms with Crippen molar-refractivity contribution in [3.63, 3.8) is 0 Å². The molecule has 3 aromatic carbocycles. The highest BCUT2D eigenvalue weighted by Crippen LogP contribution is 2.32. The maximum Gasteiger partial charge on any atom is 0.111 e. The molecule has 3 rings (SSSR count). The number of nitrogens with zero attached hydrogens (tertiary/aromatic N) is 1. The highest BCUT2D eigenvalue weighted by molar-refractivity contribution is 7.81. The molecule has 0 saturated carbocycles. The Hall–Kier alpha value is -3.11. The van der Waals surface area contributed by atoms with Crippen molar-refractivity contribution < 1.29 is 0 Å². The SMILES string of the molecule is C=C(C)c1ccc(N(CC)CCC)cc1Nc1cc(C(=S)Nc2ccc(CCCCCCCC)cc2)ccc1C. The van der Waals surface area contributed by atoms with E-state index in [0.29, 0.717) is 0 Å². The lowest BCUT2D eigenvalue weighted by atomic mass is 10.0. The number of allylic oxidation sites excluding steroid dienone is 1. The molecular formula is C36H49N3S. The molecule has 40 heavy (non-hydrogen) atoms. The third-order valence-corrected chi connectivity index (χ3v) is 7.84. The van der Waals surface area contributed by atoms with Gasteiger partial charge in [-0.15, -0.1) is 0 Å². The second kappa shape index (κ2) is 16.2. The molecular weight excluding hydrogens is 506 g/mol. The second-order valence-electron chi connectivity index (χ2n) is 10.9. The minimum atomic E-state index is 0.723. The number of benzene rings is 3. The Morgan fingerprint density at radius 3 is 2.23 bits per heavy atom. The highest BCUT2D eigenvalue weighted by Gasteiger charge is 2.12. The molecule has 0 fully saturated rings. The zero-order valence-electron chi connectivity index (χ0n) is 25.4. The predicted molar refractivity (Wildman–Crippen MR) is 183 cm³/mol. The van der Waals surface area contributed by atoms with Gasteiger partial charge in [0, 0.05) is 47.0 Å². The molecule has 0 bridgehead atoms. The van der Waals surface area contributed by atoms with E-state index < -0.39 is 0 Å². The summed E-state index contributed by atoms with van der Waals surface area (Å²) in [7, 11) is 0. The van der Waals surface area contributed by atoms with Crippen molar-refractivity contribution in [1.29, 1.82) is 0 Å². The van der Waals surface area contributed by atoms with Gasteiger partial charge in [0.25, 0.3) is 0 Å². The van der Waals surface area contributed by atoms with Gasteiger partial charge in [-0.3, -0.25) is 0 Å². The summed E-state index contributed by atoms with van der Waals surface area (Å²) in [4.78, 5) is 3.13. The molecule has 0 aliphatic heterocycles. The van der Waals surface area contributed by atoms with Crippen LogP contribution in [-0.4, -0.2) is 18.1 Å². The molecule has 214 valence electrons. The number of hydrogen-bond acceptors (Lipinski definition) is 3. The van der Waals surface area contributed by atoms with Crippen molar-refractivity contribution in [2.24, 2.45) is 0 Å². The Morgan fingerprint density at radius 1 is 0.825 bits per heavy atom. The van der Waals surface area contributed by atoms with Crippen LogP contribution >= 0.6 is 12.2 Å². The van der Waals surface area contributed by atoms with Crippen molar-refractivity contribution in [3.8, 4) is 0 Å². The van der Waals surface area contributed by atoms with Gasteiger partial charge in [0.05, 0.1) is 0 Å². The average Bonchev–Trinajstić information content (AvgIpc) is 2.95. The van der Waals surface area contributed by atoms with Gasteiger partial charge < -0.3 is 15.5 Å². The Balaban J connectivity index is 1.70. The van der Waals surface area contributed by atoms with E-state index in [1.54, 1.807) is 0 Å². The second-order valence-corrected chi connectivity index (χ2v) is 11.3. The van der Waals surface area contributed by atoms with Gasteiger partial charge in [-0.25, -0.2) is 0 Å². The van der Waals surface area contributed by atoms with Crippen LogP contribution in [0.1, 0.15) is 94.9 Å². The quantitative estimate of drug-likeness (QED) is 0.136. The van der Waals surface area contributed by atoms with E-state index in [1.807, 2.05) is 0 Å². The maximum atomic E-state index is 5.83. The van der Waals surface area contributed by atoms with E-state index in [9.17, 15) is 0 Å². The largest absolute Gasteiger partial charge is 0.372 e. The van der Waals surface area contributed by atoms with Crippen LogP contribution in [0, 0.1) is 6.92 Å². The molecule has 0 heterocycles. The van der Waals surface area contributed by atoms with E-state index >= 15 is 0 Å². The van der Waals surface area contributed by atoms with Gasteiger partial charge in [0.15, 0.2) is 0 Å². The number of nitrogens with one attached hydrogen (secondary N) is 2. The number of hydrogen-bond donors (Lipinski definition) is 2. The van der Waals surface area contributed by atoms with Gasteiger partial charge in [0.2, 0.25) is 0 Å². The van der Waals surface area contributed by atoms with E-state index in [4.69, 9.17) is 12.2 Å². The van der Waals surface area contributed by atoms with Crippen LogP contribution in [-0.2, 0) is 6.42 Å². The summed E-state index contributed by atoms with van der Waals surface area (Å²) in [6.07, 6.45) is 10.2. The van der Waals surface area contributed by atoms with Crippen LogP contribution in [0.4, 0.5) is 22.7 Å². The Morgan fingerprint density at radius 2 is 1.55 bits per heavy atom. The van der Waals surface area contributed by atoms with Crippen LogP contribution < -0.4 is 15.5 Å². The lowest BCUT2D eigenvalue weighted by Crippen LogP contribution is -2.23. The third kappa shape index (κ3) is 9.23. The first-order valence-electron chi connectivity index (χ1n) is 15.2. The Kier molecular flexibility index (Phi) is 12.7. The summed E-state index contributed by atoms with van der Waals surface area (Å²) in [5.41, 5.74) is 10.1. The number of anilines is 4. The number of unbranched alkanes of at least 4 members (excludes halogenated alkanes) is 5. The molecule has 0 spiro atoms. The lowest BCUT2D eigenvalue weighted by Gasteiger charge is -2.25. The van der Waals surface area contributed by atoms with Gasteiger partial charge in [-0.1, -0.05) is 95.1 Å². The summed E-state index contributed by atoms with van der Waals surface area (Å²) < 4.78 is 0. The fourth-order valence-electron chi connectivity index (χ4n) is 5.05. The first kappa shape index (κ1) is 31.4. The molecule has 3 nitrogen and oxygen atoms in total. The summed E-state index contributed by atoms with van der Waals surface area (Å²) in [6, 6.07) is 21.8. The molecule has 0 radical (unpaired) electrons. The standard InChI is InChI=1S/C36H49N3S/c1-7-10-11-12-13-14-15-29-17-20-31(21-18-29)37-36(40)30-19-16-28(6)34(25-30)38-35-26-32(39(9-3)24-8-2)22-23-33(35)27(4)5/h16-23,25-26,38H,4,7-15,24H2,1-3,5-6H3,(H,37,40). The molecule has 0 saturated heterocycles. The maximum absolute atomic E-state index is 5.83. The van der Waals surface area contributed by atoms with Crippen LogP contribution in [0.15, 0.2) is 67.2 Å². The number of aryl methyl sites for hydroxylation is 2. The molecule has 2 N–H and O–H groups in total. The molecule has 0 amide bonds. The summed E-state index contributed by atoms with van der Waals surface area (Å²) in [6.45, 7) is 17.1. The van der Waals surface area contributed by atoms with E-state index in [1.165, 1.54) is 55.3 Å². The smallest absolute Gasteiger partial charge is 0.111 e. The van der Waals surface area contributed by atoms with Gasteiger partial charge in [-0.2, -0.15) is 0 Å². The minimum absolute atomic E-state index is 0.723. The highest BCUT2D eigenvalue weighted by atomic mass is 32.1. The summed E-state index contributed by atoms with van der Waals surface area (Å²) in [5, 5.41) is 7.16. The topological polar surface area (TPSA) is 27.3 Å². The predicted octanol–water partition coefficient (Wildman–Crippen LogP) is 10.7. The molecule has 0 atom stereocenters. The van der Waals surface area contributed by atoms with E-state index in [0.717, 1.165) is 64.7 Å². The first-order chi connectivity index (χ1) is 19.4. The van der Waals surface area contributed by atoms with Crippen molar-refractivity contribution >= 4 is 45.5 Å². The summed E-state index contributed by atoms with van der Waals surface area (Å²) >= 11 is 5.83. The molecule has 4 heteroatoms. The van der Waals surface area contributed by atoms with Gasteiger partial charge in [0.1, 0.15) is 4.99 Å². The molecule has 0 unspecified atom stereocenters. The first-order valence-corrected chi connectivity index (χ1v) is 15.6.